The van der Waals surface area contributed by atoms with Crippen molar-refractivity contribution >= 4 is 33.2 Å². The first-order valence-electron chi connectivity index (χ1n) is 8.92. The zero-order valence-corrected chi connectivity index (χ0v) is 17.0. The number of ether oxygens (including phenoxy) is 1. The molecule has 28 heavy (non-hydrogen) atoms. The van der Waals surface area contributed by atoms with Crippen molar-refractivity contribution in [3.05, 3.63) is 98.7 Å². The van der Waals surface area contributed by atoms with E-state index in [4.69, 9.17) is 21.4 Å². The molecule has 0 spiro atoms. The fourth-order valence-corrected chi connectivity index (χ4v) is 4.23. The van der Waals surface area contributed by atoms with E-state index in [1.165, 1.54) is 12.1 Å². The number of hydrazone groups is 1. The summed E-state index contributed by atoms with van der Waals surface area (Å²) in [7, 11) is 0. The van der Waals surface area contributed by atoms with E-state index < -0.39 is 0 Å². The second-order valence-electron chi connectivity index (χ2n) is 6.86. The van der Waals surface area contributed by atoms with Gasteiger partial charge in [0.15, 0.2) is 0 Å². The van der Waals surface area contributed by atoms with Crippen LogP contribution in [0.1, 0.15) is 35.4 Å². The lowest BCUT2D eigenvalue weighted by molar-refractivity contribution is -0.0190. The zero-order valence-electron chi connectivity index (χ0n) is 14.6. The Morgan fingerprint density at radius 2 is 1.79 bits per heavy atom. The van der Waals surface area contributed by atoms with Gasteiger partial charge in [-0.25, -0.2) is 9.40 Å². The van der Waals surface area contributed by atoms with Gasteiger partial charge in [0.25, 0.3) is 0 Å². The average molecular weight is 458 g/mol. The largest absolute Gasteiger partial charge is 0.464 e. The van der Waals surface area contributed by atoms with Gasteiger partial charge in [0.2, 0.25) is 6.23 Å². The lowest BCUT2D eigenvalue weighted by Gasteiger charge is -2.38. The third-order valence-corrected chi connectivity index (χ3v) is 5.83. The van der Waals surface area contributed by atoms with Gasteiger partial charge < -0.3 is 4.74 Å². The summed E-state index contributed by atoms with van der Waals surface area (Å²) in [5.41, 5.74) is 3.90. The van der Waals surface area contributed by atoms with E-state index in [9.17, 15) is 4.39 Å². The Bertz CT molecular complexity index is 1070. The van der Waals surface area contributed by atoms with Crippen LogP contribution in [0.2, 0.25) is 5.02 Å². The zero-order chi connectivity index (χ0) is 19.3. The van der Waals surface area contributed by atoms with Crippen LogP contribution >= 0.6 is 27.5 Å². The van der Waals surface area contributed by atoms with E-state index in [1.54, 1.807) is 12.1 Å². The molecule has 0 saturated carbocycles. The fraction of sp³-hybridized carbons (Fsp3) is 0.136. The first-order chi connectivity index (χ1) is 13.6. The van der Waals surface area contributed by atoms with Crippen molar-refractivity contribution in [3.63, 3.8) is 0 Å². The minimum Gasteiger partial charge on any atom is -0.464 e. The number of rotatable bonds is 2. The highest BCUT2D eigenvalue weighted by Crippen LogP contribution is 2.48. The van der Waals surface area contributed by atoms with Gasteiger partial charge in [-0.05, 0) is 48.0 Å². The summed E-state index contributed by atoms with van der Waals surface area (Å²) in [4.78, 5) is 0. The number of fused-ring (bicyclic) bond motifs is 3. The van der Waals surface area contributed by atoms with Crippen molar-refractivity contribution in [1.82, 2.24) is 5.01 Å². The lowest BCUT2D eigenvalue weighted by Crippen LogP contribution is -2.33. The average Bonchev–Trinajstić information content (AvgIpc) is 3.14. The van der Waals surface area contributed by atoms with E-state index in [1.807, 2.05) is 41.4 Å². The number of nitrogens with zero attached hydrogens (tertiary/aromatic N) is 2. The van der Waals surface area contributed by atoms with Crippen LogP contribution in [-0.4, -0.2) is 10.7 Å². The van der Waals surface area contributed by atoms with Crippen LogP contribution in [0.4, 0.5) is 4.39 Å². The monoisotopic (exact) mass is 456 g/mol. The van der Waals surface area contributed by atoms with Crippen molar-refractivity contribution < 1.29 is 9.13 Å². The van der Waals surface area contributed by atoms with Crippen molar-refractivity contribution in [2.75, 3.05) is 0 Å². The van der Waals surface area contributed by atoms with Gasteiger partial charge in [0.1, 0.15) is 11.6 Å². The van der Waals surface area contributed by atoms with Crippen LogP contribution in [0, 0.1) is 5.82 Å². The highest BCUT2D eigenvalue weighted by Gasteiger charge is 2.41. The van der Waals surface area contributed by atoms with Gasteiger partial charge in [0, 0.05) is 27.0 Å². The molecule has 2 heterocycles. The third kappa shape index (κ3) is 3.09. The molecular formula is C22H15BrClFN2O. The molecule has 0 N–H and O–H groups in total. The molecule has 0 saturated heterocycles. The molecule has 0 fully saturated rings. The Morgan fingerprint density at radius 1 is 1.04 bits per heavy atom. The van der Waals surface area contributed by atoms with Gasteiger partial charge >= 0.3 is 0 Å². The van der Waals surface area contributed by atoms with Crippen molar-refractivity contribution in [2.45, 2.75) is 18.7 Å². The predicted molar refractivity (Wildman–Crippen MR) is 111 cm³/mol. The Balaban J connectivity index is 1.59. The summed E-state index contributed by atoms with van der Waals surface area (Å²) in [6.45, 7) is 0. The smallest absolute Gasteiger partial charge is 0.213 e. The molecule has 0 bridgehead atoms. The van der Waals surface area contributed by atoms with Crippen LogP contribution < -0.4 is 4.74 Å². The summed E-state index contributed by atoms with van der Waals surface area (Å²) in [6.07, 6.45) is 0.372. The molecule has 6 heteroatoms. The van der Waals surface area contributed by atoms with E-state index in [-0.39, 0.29) is 18.1 Å². The predicted octanol–water partition coefficient (Wildman–Crippen LogP) is 6.48. The van der Waals surface area contributed by atoms with Crippen molar-refractivity contribution in [2.24, 2.45) is 5.10 Å². The Morgan fingerprint density at radius 3 is 2.54 bits per heavy atom. The maximum absolute atomic E-state index is 13.3. The van der Waals surface area contributed by atoms with Crippen molar-refractivity contribution in [1.29, 1.82) is 0 Å². The van der Waals surface area contributed by atoms with E-state index >= 15 is 0 Å². The Labute approximate surface area is 175 Å². The molecule has 0 aliphatic carbocycles. The van der Waals surface area contributed by atoms with Crippen molar-refractivity contribution in [3.8, 4) is 5.75 Å². The highest BCUT2D eigenvalue weighted by atomic mass is 79.9. The molecule has 0 unspecified atom stereocenters. The molecule has 3 aromatic rings. The molecule has 2 atom stereocenters. The Kier molecular flexibility index (Phi) is 4.37. The highest BCUT2D eigenvalue weighted by molar-refractivity contribution is 9.10. The third-order valence-electron chi connectivity index (χ3n) is 5.08. The van der Waals surface area contributed by atoms with Crippen LogP contribution in [0.5, 0.6) is 5.75 Å². The van der Waals surface area contributed by atoms with Crippen LogP contribution in [0.15, 0.2) is 76.3 Å². The van der Waals surface area contributed by atoms with Gasteiger partial charge in [-0.3, -0.25) is 0 Å². The van der Waals surface area contributed by atoms with Gasteiger partial charge in [-0.1, -0.05) is 51.8 Å². The molecule has 0 radical (unpaired) electrons. The second-order valence-corrected chi connectivity index (χ2v) is 8.21. The van der Waals surface area contributed by atoms with Crippen LogP contribution in [0.3, 0.4) is 0 Å². The molecule has 2 aliphatic heterocycles. The number of hydrogen-bond donors (Lipinski definition) is 0. The summed E-state index contributed by atoms with van der Waals surface area (Å²) in [5, 5.41) is 7.55. The molecule has 3 aromatic carbocycles. The minimum absolute atomic E-state index is 0.0435. The van der Waals surface area contributed by atoms with Crippen LogP contribution in [0.25, 0.3) is 0 Å². The molecule has 2 aliphatic rings. The summed E-state index contributed by atoms with van der Waals surface area (Å²) < 4.78 is 20.7. The first kappa shape index (κ1) is 17.7. The SMILES string of the molecule is Fc1ccc(C2=NN3[C@@H](C2)c2cc(Br)ccc2O[C@H]3c2ccc(Cl)cc2)cc1. The number of halogens is 3. The van der Waals surface area contributed by atoms with Gasteiger partial charge in [-0.15, -0.1) is 0 Å². The molecule has 5 rings (SSSR count). The molecule has 140 valence electrons. The maximum Gasteiger partial charge on any atom is 0.213 e. The second kappa shape index (κ2) is 6.90. The Hall–Kier alpha value is -2.37. The lowest BCUT2D eigenvalue weighted by atomic mass is 9.96. The van der Waals surface area contributed by atoms with Gasteiger partial charge in [-0.2, -0.15) is 5.10 Å². The first-order valence-corrected chi connectivity index (χ1v) is 10.1. The summed E-state index contributed by atoms with van der Waals surface area (Å²) >= 11 is 9.61. The normalized spacial score (nSPS) is 20.2. The topological polar surface area (TPSA) is 24.8 Å². The minimum atomic E-state index is -0.353. The van der Waals surface area contributed by atoms with Gasteiger partial charge in [0.05, 0.1) is 11.8 Å². The molecule has 3 nitrogen and oxygen atoms in total. The molecule has 0 amide bonds. The summed E-state index contributed by atoms with van der Waals surface area (Å²) in [6, 6.07) is 20.2. The summed E-state index contributed by atoms with van der Waals surface area (Å²) in [5.74, 6) is 0.594. The number of hydrogen-bond acceptors (Lipinski definition) is 3. The number of benzene rings is 3. The molecular weight excluding hydrogens is 443 g/mol. The van der Waals surface area contributed by atoms with Crippen LogP contribution in [-0.2, 0) is 0 Å². The van der Waals surface area contributed by atoms with E-state index in [0.29, 0.717) is 5.02 Å². The van der Waals surface area contributed by atoms with E-state index in [0.717, 1.165) is 39.0 Å². The maximum atomic E-state index is 13.3. The van der Waals surface area contributed by atoms with E-state index in [2.05, 4.69) is 22.0 Å². The quantitative estimate of drug-likeness (QED) is 0.440. The standard InChI is InChI=1S/C22H15BrClFN2O/c23-15-5-10-21-18(11-15)20-12-19(13-3-8-17(25)9-4-13)26-27(20)22(28-21)14-1-6-16(24)7-2-14/h1-11,20,22H,12H2/t20-,22-/m0/s1. The fourth-order valence-electron chi connectivity index (χ4n) is 3.72. The molecule has 0 aromatic heterocycles.